The van der Waals surface area contributed by atoms with Crippen LogP contribution in [0.3, 0.4) is 0 Å². The molecule has 1 aromatic rings. The second-order valence-electron chi connectivity index (χ2n) is 5.89. The van der Waals surface area contributed by atoms with Gasteiger partial charge in [-0.25, -0.2) is 0 Å². The molecule has 1 aliphatic heterocycles. The fourth-order valence-corrected chi connectivity index (χ4v) is 3.12. The van der Waals surface area contributed by atoms with Crippen LogP contribution >= 0.6 is 24.0 Å². The fraction of sp³-hybridized carbons (Fsp3) is 0.588. The van der Waals surface area contributed by atoms with Gasteiger partial charge in [-0.05, 0) is 50.6 Å². The van der Waals surface area contributed by atoms with E-state index in [1.54, 1.807) is 0 Å². The molecule has 4 nitrogen and oxygen atoms in total. The molecule has 2 N–H and O–H groups in total. The van der Waals surface area contributed by atoms with Crippen LogP contribution in [0, 0.1) is 0 Å². The van der Waals surface area contributed by atoms with Gasteiger partial charge in [-0.1, -0.05) is 23.7 Å². The van der Waals surface area contributed by atoms with Crippen molar-refractivity contribution in [2.45, 2.75) is 31.1 Å². The van der Waals surface area contributed by atoms with E-state index in [1.165, 1.54) is 5.56 Å². The topological polar surface area (TPSA) is 50.4 Å². The zero-order valence-electron chi connectivity index (χ0n) is 13.6. The van der Waals surface area contributed by atoms with Crippen LogP contribution in [0.1, 0.15) is 31.2 Å². The van der Waals surface area contributed by atoms with Crippen molar-refractivity contribution in [3.8, 4) is 0 Å². The van der Waals surface area contributed by atoms with Gasteiger partial charge in [-0.15, -0.1) is 12.4 Å². The molecule has 0 saturated carbocycles. The lowest BCUT2D eigenvalue weighted by Crippen LogP contribution is -2.44. The van der Waals surface area contributed by atoms with Crippen molar-refractivity contribution in [2.75, 3.05) is 33.4 Å². The van der Waals surface area contributed by atoms with Crippen LogP contribution in [0.5, 0.6) is 0 Å². The SMILES string of the molecule is CNCCCC(=O)NCC1(c2cccc(Cl)c2)CCOCC1.Cl. The maximum absolute atomic E-state index is 12.0. The molecule has 0 radical (unpaired) electrons. The molecule has 2 rings (SSSR count). The highest BCUT2D eigenvalue weighted by Crippen LogP contribution is 2.35. The van der Waals surface area contributed by atoms with Gasteiger partial charge >= 0.3 is 0 Å². The van der Waals surface area contributed by atoms with Gasteiger partial charge in [0.05, 0.1) is 0 Å². The van der Waals surface area contributed by atoms with Crippen LogP contribution in [0.4, 0.5) is 0 Å². The van der Waals surface area contributed by atoms with Crippen molar-refractivity contribution < 1.29 is 9.53 Å². The van der Waals surface area contributed by atoms with E-state index in [0.717, 1.165) is 44.0 Å². The minimum Gasteiger partial charge on any atom is -0.381 e. The quantitative estimate of drug-likeness (QED) is 0.735. The van der Waals surface area contributed by atoms with E-state index in [0.29, 0.717) is 13.0 Å². The molecular formula is C17H26Cl2N2O2. The first-order chi connectivity index (χ1) is 10.7. The third-order valence-corrected chi connectivity index (χ3v) is 4.58. The molecule has 0 bridgehead atoms. The molecular weight excluding hydrogens is 335 g/mol. The summed E-state index contributed by atoms with van der Waals surface area (Å²) in [6.07, 6.45) is 3.23. The molecule has 1 fully saturated rings. The Bertz CT molecular complexity index is 491. The first-order valence-electron chi connectivity index (χ1n) is 7.91. The summed E-state index contributed by atoms with van der Waals surface area (Å²) in [6, 6.07) is 7.97. The van der Waals surface area contributed by atoms with Gasteiger partial charge in [0.1, 0.15) is 0 Å². The second-order valence-corrected chi connectivity index (χ2v) is 6.32. The van der Waals surface area contributed by atoms with E-state index in [2.05, 4.69) is 16.7 Å². The number of ether oxygens (including phenoxy) is 1. The molecule has 0 unspecified atom stereocenters. The zero-order valence-corrected chi connectivity index (χ0v) is 15.1. The Labute approximate surface area is 149 Å². The number of nitrogens with one attached hydrogen (secondary N) is 2. The Morgan fingerprint density at radius 1 is 1.35 bits per heavy atom. The Kier molecular flexibility index (Phi) is 8.92. The monoisotopic (exact) mass is 360 g/mol. The van der Waals surface area contributed by atoms with Crippen LogP contribution in [0.25, 0.3) is 0 Å². The van der Waals surface area contributed by atoms with E-state index in [9.17, 15) is 4.79 Å². The summed E-state index contributed by atoms with van der Waals surface area (Å²) < 4.78 is 5.51. The van der Waals surface area contributed by atoms with Gasteiger partial charge in [-0.3, -0.25) is 4.79 Å². The molecule has 0 spiro atoms. The highest BCUT2D eigenvalue weighted by atomic mass is 35.5. The molecule has 1 aromatic carbocycles. The summed E-state index contributed by atoms with van der Waals surface area (Å²) in [6.45, 7) is 2.96. The van der Waals surface area contributed by atoms with Crippen molar-refractivity contribution in [1.29, 1.82) is 0 Å². The minimum atomic E-state index is -0.0676. The van der Waals surface area contributed by atoms with E-state index in [-0.39, 0.29) is 23.7 Å². The number of hydrogen-bond acceptors (Lipinski definition) is 3. The average Bonchev–Trinajstić information content (AvgIpc) is 2.54. The van der Waals surface area contributed by atoms with Crippen molar-refractivity contribution in [3.05, 3.63) is 34.9 Å². The summed E-state index contributed by atoms with van der Waals surface area (Å²) in [5, 5.41) is 6.90. The highest BCUT2D eigenvalue weighted by Gasteiger charge is 2.34. The van der Waals surface area contributed by atoms with Crippen LogP contribution in [0.15, 0.2) is 24.3 Å². The van der Waals surface area contributed by atoms with E-state index >= 15 is 0 Å². The number of amides is 1. The zero-order chi connectivity index (χ0) is 15.8. The Balaban J connectivity index is 0.00000264. The number of carbonyl (C=O) groups is 1. The molecule has 1 saturated heterocycles. The Morgan fingerprint density at radius 2 is 2.09 bits per heavy atom. The molecule has 1 amide bonds. The molecule has 0 aliphatic carbocycles. The first-order valence-corrected chi connectivity index (χ1v) is 8.29. The van der Waals surface area contributed by atoms with Crippen LogP contribution in [-0.4, -0.2) is 39.3 Å². The van der Waals surface area contributed by atoms with Gasteiger partial charge in [0, 0.05) is 36.6 Å². The molecule has 23 heavy (non-hydrogen) atoms. The lowest BCUT2D eigenvalue weighted by Gasteiger charge is -2.38. The molecule has 130 valence electrons. The van der Waals surface area contributed by atoms with Gasteiger partial charge in [-0.2, -0.15) is 0 Å². The minimum absolute atomic E-state index is 0. The number of halogens is 2. The first kappa shape index (κ1) is 20.2. The van der Waals surface area contributed by atoms with Crippen molar-refractivity contribution in [1.82, 2.24) is 10.6 Å². The number of carbonyl (C=O) groups excluding carboxylic acids is 1. The van der Waals surface area contributed by atoms with Gasteiger partial charge in [0.25, 0.3) is 0 Å². The number of rotatable bonds is 7. The van der Waals surface area contributed by atoms with Crippen LogP contribution in [-0.2, 0) is 14.9 Å². The Morgan fingerprint density at radius 3 is 2.74 bits per heavy atom. The summed E-state index contributed by atoms with van der Waals surface area (Å²) in [7, 11) is 1.90. The maximum Gasteiger partial charge on any atom is 0.220 e. The number of benzene rings is 1. The normalized spacial score (nSPS) is 16.4. The fourth-order valence-electron chi connectivity index (χ4n) is 2.93. The van der Waals surface area contributed by atoms with Gasteiger partial charge in [0.2, 0.25) is 5.91 Å². The smallest absolute Gasteiger partial charge is 0.220 e. The van der Waals surface area contributed by atoms with Gasteiger partial charge in [0.15, 0.2) is 0 Å². The highest BCUT2D eigenvalue weighted by molar-refractivity contribution is 6.30. The molecule has 0 atom stereocenters. The molecule has 1 aliphatic rings. The molecule has 0 aromatic heterocycles. The predicted molar refractivity (Wildman–Crippen MR) is 96.6 cm³/mol. The third kappa shape index (κ3) is 5.96. The van der Waals surface area contributed by atoms with Crippen LogP contribution in [0.2, 0.25) is 5.02 Å². The summed E-state index contributed by atoms with van der Waals surface area (Å²) >= 11 is 6.15. The van der Waals surface area contributed by atoms with E-state index < -0.39 is 0 Å². The maximum atomic E-state index is 12.0. The lowest BCUT2D eigenvalue weighted by atomic mass is 9.74. The molecule has 1 heterocycles. The standard InChI is InChI=1S/C17H25ClN2O2.ClH/c1-19-9-3-6-16(21)20-13-17(7-10-22-11-8-17)14-4-2-5-15(18)12-14;/h2,4-5,12,19H,3,6-11,13H2,1H3,(H,20,21);1H. The third-order valence-electron chi connectivity index (χ3n) is 4.34. The van der Waals surface area contributed by atoms with Crippen molar-refractivity contribution in [2.24, 2.45) is 0 Å². The van der Waals surface area contributed by atoms with Gasteiger partial charge < -0.3 is 15.4 Å². The van der Waals surface area contributed by atoms with E-state index in [1.807, 2.05) is 25.2 Å². The second kappa shape index (κ2) is 10.1. The average molecular weight is 361 g/mol. The van der Waals surface area contributed by atoms with E-state index in [4.69, 9.17) is 16.3 Å². The summed E-state index contributed by atoms with van der Waals surface area (Å²) in [5.41, 5.74) is 1.13. The van der Waals surface area contributed by atoms with Crippen molar-refractivity contribution in [3.63, 3.8) is 0 Å². The largest absolute Gasteiger partial charge is 0.381 e. The molecule has 6 heteroatoms. The van der Waals surface area contributed by atoms with Crippen molar-refractivity contribution >= 4 is 29.9 Å². The number of hydrogen-bond donors (Lipinski definition) is 2. The summed E-state index contributed by atoms with van der Waals surface area (Å²) in [4.78, 5) is 12.0. The predicted octanol–water partition coefficient (Wildman–Crippen LogP) is 2.93. The summed E-state index contributed by atoms with van der Waals surface area (Å²) in [5.74, 6) is 0.114. The van der Waals surface area contributed by atoms with Crippen LogP contribution < -0.4 is 10.6 Å². The Hall–Kier alpha value is -0.810. The lowest BCUT2D eigenvalue weighted by molar-refractivity contribution is -0.121.